The Morgan fingerprint density at radius 2 is 2.14 bits per heavy atom. The van der Waals surface area contributed by atoms with Crippen molar-refractivity contribution >= 4 is 11.8 Å². The number of carbonyl (C=O) groups is 2. The number of rotatable bonds is 7. The molecule has 148 valence electrons. The molecule has 2 amide bonds. The van der Waals surface area contributed by atoms with Gasteiger partial charge in [-0.2, -0.15) is 0 Å². The largest absolute Gasteiger partial charge is 0.487 e. The summed E-state index contributed by atoms with van der Waals surface area (Å²) in [7, 11) is 1.56. The van der Waals surface area contributed by atoms with Crippen molar-refractivity contribution in [2.75, 3.05) is 26.8 Å². The van der Waals surface area contributed by atoms with Gasteiger partial charge < -0.3 is 19.7 Å². The van der Waals surface area contributed by atoms with E-state index in [9.17, 15) is 9.59 Å². The van der Waals surface area contributed by atoms with Gasteiger partial charge in [-0.25, -0.2) is 4.98 Å². The third kappa shape index (κ3) is 4.80. The Bertz CT molecular complexity index is 800. The number of hydrogen-bond donors (Lipinski definition) is 1. The van der Waals surface area contributed by atoms with Gasteiger partial charge in [0.05, 0.1) is 31.2 Å². The van der Waals surface area contributed by atoms with Crippen LogP contribution in [0.1, 0.15) is 22.6 Å². The van der Waals surface area contributed by atoms with Gasteiger partial charge in [-0.3, -0.25) is 19.6 Å². The minimum absolute atomic E-state index is 0.197. The number of aryl methyl sites for hydroxylation is 1. The lowest BCUT2D eigenvalue weighted by molar-refractivity contribution is -0.125. The molecule has 1 aliphatic rings. The van der Waals surface area contributed by atoms with E-state index in [0.717, 1.165) is 0 Å². The number of likely N-dealkylation sites (tertiary alicyclic amines) is 1. The molecule has 2 atom stereocenters. The van der Waals surface area contributed by atoms with Gasteiger partial charge in [0.2, 0.25) is 5.91 Å². The van der Waals surface area contributed by atoms with Crippen molar-refractivity contribution in [1.29, 1.82) is 0 Å². The third-order valence-electron chi connectivity index (χ3n) is 4.37. The summed E-state index contributed by atoms with van der Waals surface area (Å²) in [6.07, 6.45) is 6.25. The highest BCUT2D eigenvalue weighted by molar-refractivity contribution is 5.96. The first kappa shape index (κ1) is 19.7. The molecule has 1 aliphatic heterocycles. The summed E-state index contributed by atoms with van der Waals surface area (Å²) in [6.45, 7) is 2.82. The van der Waals surface area contributed by atoms with Crippen LogP contribution in [-0.4, -0.2) is 70.6 Å². The number of hydrogen-bond acceptors (Lipinski definition) is 7. The second-order valence-electron chi connectivity index (χ2n) is 6.46. The highest BCUT2D eigenvalue weighted by Gasteiger charge is 2.41. The van der Waals surface area contributed by atoms with Gasteiger partial charge in [0.25, 0.3) is 5.91 Å². The molecule has 1 saturated heterocycles. The zero-order chi connectivity index (χ0) is 19.9. The minimum atomic E-state index is -0.658. The van der Waals surface area contributed by atoms with Crippen LogP contribution in [0.4, 0.5) is 0 Å². The maximum atomic E-state index is 13.0. The van der Waals surface area contributed by atoms with Crippen LogP contribution in [-0.2, 0) is 9.53 Å². The van der Waals surface area contributed by atoms with Crippen LogP contribution in [0.2, 0.25) is 0 Å². The van der Waals surface area contributed by atoms with E-state index in [1.165, 1.54) is 17.3 Å². The zero-order valence-electron chi connectivity index (χ0n) is 15.9. The molecule has 0 unspecified atom stereocenters. The van der Waals surface area contributed by atoms with E-state index < -0.39 is 6.04 Å². The molecule has 0 aromatic carbocycles. The summed E-state index contributed by atoms with van der Waals surface area (Å²) >= 11 is 0. The van der Waals surface area contributed by atoms with Crippen molar-refractivity contribution < 1.29 is 19.1 Å². The molecule has 0 saturated carbocycles. The molecular formula is C19H23N5O4. The van der Waals surface area contributed by atoms with Gasteiger partial charge in [-0.1, -0.05) is 0 Å². The summed E-state index contributed by atoms with van der Waals surface area (Å²) in [5.74, 6) is -0.00472. The van der Waals surface area contributed by atoms with E-state index in [2.05, 4.69) is 20.3 Å². The average Bonchev–Trinajstić information content (AvgIpc) is 3.13. The smallest absolute Gasteiger partial charge is 0.274 e. The number of nitrogens with one attached hydrogen (secondary N) is 1. The number of pyridine rings is 1. The van der Waals surface area contributed by atoms with E-state index in [-0.39, 0.29) is 30.2 Å². The van der Waals surface area contributed by atoms with E-state index in [0.29, 0.717) is 31.0 Å². The van der Waals surface area contributed by atoms with E-state index in [1.807, 2.05) is 0 Å². The number of nitrogens with zero attached hydrogens (tertiary/aromatic N) is 4. The molecule has 3 heterocycles. The molecule has 0 radical (unpaired) electrons. The molecule has 1 N–H and O–H groups in total. The van der Waals surface area contributed by atoms with Gasteiger partial charge in [-0.15, -0.1) is 0 Å². The summed E-state index contributed by atoms with van der Waals surface area (Å²) in [4.78, 5) is 39.4. The fourth-order valence-corrected chi connectivity index (χ4v) is 3.01. The molecular weight excluding hydrogens is 362 g/mol. The van der Waals surface area contributed by atoms with Crippen molar-refractivity contribution in [2.24, 2.45) is 0 Å². The quantitative estimate of drug-likeness (QED) is 0.696. The summed E-state index contributed by atoms with van der Waals surface area (Å²) in [5.41, 5.74) is 0.909. The molecule has 28 heavy (non-hydrogen) atoms. The highest BCUT2D eigenvalue weighted by Crippen LogP contribution is 2.24. The lowest BCUT2D eigenvalue weighted by Crippen LogP contribution is -2.46. The van der Waals surface area contributed by atoms with E-state index in [4.69, 9.17) is 9.47 Å². The molecule has 3 rings (SSSR count). The van der Waals surface area contributed by atoms with Crippen LogP contribution < -0.4 is 10.1 Å². The Hall–Kier alpha value is -3.07. The van der Waals surface area contributed by atoms with E-state index >= 15 is 0 Å². The fourth-order valence-electron chi connectivity index (χ4n) is 3.01. The number of carbonyl (C=O) groups excluding carboxylic acids is 2. The predicted octanol–water partition coefficient (Wildman–Crippen LogP) is 0.605. The van der Waals surface area contributed by atoms with E-state index in [1.54, 1.807) is 38.6 Å². The molecule has 9 nitrogen and oxygen atoms in total. The van der Waals surface area contributed by atoms with Crippen molar-refractivity contribution in [3.8, 4) is 5.75 Å². The molecule has 2 aromatic rings. The van der Waals surface area contributed by atoms with Crippen molar-refractivity contribution in [1.82, 2.24) is 25.2 Å². The molecule has 1 fully saturated rings. The monoisotopic (exact) mass is 385 g/mol. The standard InChI is InChI=1S/C19H23N5O4/c1-13-9-23-16(11-22-13)19(26)24-12-15(28-14-4-3-5-20-10-14)8-17(24)18(25)21-6-7-27-2/h3-5,9-11,15,17H,6-8,12H2,1-2H3,(H,21,25)/t15-,17-/m0/s1. The zero-order valence-corrected chi connectivity index (χ0v) is 15.9. The summed E-state index contributed by atoms with van der Waals surface area (Å²) in [6, 6.07) is 2.90. The van der Waals surface area contributed by atoms with Crippen LogP contribution in [0.15, 0.2) is 36.9 Å². The number of ether oxygens (including phenoxy) is 2. The minimum Gasteiger partial charge on any atom is -0.487 e. The van der Waals surface area contributed by atoms with Gasteiger partial charge in [0.1, 0.15) is 23.6 Å². The summed E-state index contributed by atoms with van der Waals surface area (Å²) < 4.78 is 10.9. The second-order valence-corrected chi connectivity index (χ2v) is 6.46. The van der Waals surface area contributed by atoms with Crippen LogP contribution in [0.3, 0.4) is 0 Å². The maximum absolute atomic E-state index is 13.0. The van der Waals surface area contributed by atoms with Gasteiger partial charge in [-0.05, 0) is 19.1 Å². The Morgan fingerprint density at radius 3 is 2.82 bits per heavy atom. The topological polar surface area (TPSA) is 107 Å². The number of methoxy groups -OCH3 is 1. The Balaban J connectivity index is 1.75. The van der Waals surface area contributed by atoms with Crippen molar-refractivity contribution in [3.63, 3.8) is 0 Å². The molecule has 0 bridgehead atoms. The SMILES string of the molecule is COCCNC(=O)[C@@H]1C[C@H](Oc2cccnc2)CN1C(=O)c1cnc(C)cn1. The Labute approximate surface area is 163 Å². The highest BCUT2D eigenvalue weighted by atomic mass is 16.5. The van der Waals surface area contributed by atoms with Crippen molar-refractivity contribution in [2.45, 2.75) is 25.5 Å². The third-order valence-corrected chi connectivity index (χ3v) is 4.37. The Kier molecular flexibility index (Phi) is 6.49. The van der Waals surface area contributed by atoms with Gasteiger partial charge >= 0.3 is 0 Å². The maximum Gasteiger partial charge on any atom is 0.274 e. The first-order valence-electron chi connectivity index (χ1n) is 9.01. The van der Waals surface area contributed by atoms with Gasteiger partial charge in [0, 0.05) is 32.5 Å². The lowest BCUT2D eigenvalue weighted by atomic mass is 10.1. The molecule has 0 spiro atoms. The first-order chi connectivity index (χ1) is 13.6. The first-order valence-corrected chi connectivity index (χ1v) is 9.01. The Morgan fingerprint density at radius 1 is 1.29 bits per heavy atom. The normalized spacial score (nSPS) is 18.7. The van der Waals surface area contributed by atoms with Gasteiger partial charge in [0.15, 0.2) is 0 Å². The molecule has 2 aromatic heterocycles. The molecule has 9 heteroatoms. The summed E-state index contributed by atoms with van der Waals surface area (Å²) in [5, 5.41) is 2.79. The van der Waals surface area contributed by atoms with Crippen LogP contribution in [0.5, 0.6) is 5.75 Å². The van der Waals surface area contributed by atoms with Crippen molar-refractivity contribution in [3.05, 3.63) is 48.3 Å². The van der Waals surface area contributed by atoms with Crippen LogP contribution in [0.25, 0.3) is 0 Å². The lowest BCUT2D eigenvalue weighted by Gasteiger charge is -2.23. The predicted molar refractivity (Wildman–Crippen MR) is 99.7 cm³/mol. The molecule has 0 aliphatic carbocycles. The van der Waals surface area contributed by atoms with Crippen LogP contribution in [0, 0.1) is 6.92 Å². The average molecular weight is 385 g/mol. The second kappa shape index (κ2) is 9.23. The van der Waals surface area contributed by atoms with Crippen LogP contribution >= 0.6 is 0 Å². The number of aromatic nitrogens is 3. The fraction of sp³-hybridized carbons (Fsp3) is 0.421. The number of amides is 2.